The highest BCUT2D eigenvalue weighted by atomic mass is 79.9. The molecule has 6 heteroatoms. The number of carboxylic acid groups (broad SMARTS) is 1. The van der Waals surface area contributed by atoms with Crippen molar-refractivity contribution in [1.82, 2.24) is 0 Å². The molecule has 0 atom stereocenters. The van der Waals surface area contributed by atoms with E-state index in [9.17, 15) is 13.6 Å². The van der Waals surface area contributed by atoms with Crippen LogP contribution in [0.2, 0.25) is 0 Å². The van der Waals surface area contributed by atoms with Gasteiger partial charge in [0.25, 0.3) is 0 Å². The van der Waals surface area contributed by atoms with Gasteiger partial charge in [-0.1, -0.05) is 15.9 Å². The maximum absolute atomic E-state index is 13.2. The Balaban J connectivity index is 2.72. The lowest BCUT2D eigenvalue weighted by molar-refractivity contribution is -0.136. The minimum atomic E-state index is -1.03. The Morgan fingerprint density at radius 2 is 1.93 bits per heavy atom. The highest BCUT2D eigenvalue weighted by Gasteiger charge is 2.10. The van der Waals surface area contributed by atoms with E-state index < -0.39 is 17.6 Å². The van der Waals surface area contributed by atoms with Crippen molar-refractivity contribution in [2.24, 2.45) is 0 Å². The molecule has 0 saturated carbocycles. The Labute approximate surface area is 93.2 Å². The normalized spacial score (nSPS) is 10.1. The highest BCUT2D eigenvalue weighted by molar-refractivity contribution is 9.10. The van der Waals surface area contributed by atoms with Crippen molar-refractivity contribution >= 4 is 27.6 Å². The quantitative estimate of drug-likeness (QED) is 0.891. The molecule has 0 fully saturated rings. The summed E-state index contributed by atoms with van der Waals surface area (Å²) in [6.07, 6.45) is -0.199. The minimum Gasteiger partial charge on any atom is -0.481 e. The molecule has 1 aromatic rings. The van der Waals surface area contributed by atoms with Crippen molar-refractivity contribution < 1.29 is 18.7 Å². The largest absolute Gasteiger partial charge is 0.481 e. The van der Waals surface area contributed by atoms with Gasteiger partial charge in [0.05, 0.1) is 6.42 Å². The summed E-state index contributed by atoms with van der Waals surface area (Å²) in [6, 6.07) is 2.21. The molecule has 0 aliphatic rings. The minimum absolute atomic E-state index is 0.0230. The molecule has 0 aliphatic carbocycles. The summed E-state index contributed by atoms with van der Waals surface area (Å²) >= 11 is 2.94. The zero-order valence-corrected chi connectivity index (χ0v) is 9.14. The van der Waals surface area contributed by atoms with Crippen molar-refractivity contribution in [3.05, 3.63) is 28.2 Å². The van der Waals surface area contributed by atoms with E-state index in [1.54, 1.807) is 0 Å². The van der Waals surface area contributed by atoms with Gasteiger partial charge in [0, 0.05) is 11.0 Å². The third-order valence-corrected chi connectivity index (χ3v) is 2.11. The fourth-order valence-corrected chi connectivity index (χ4v) is 1.41. The molecule has 0 saturated heterocycles. The van der Waals surface area contributed by atoms with Crippen LogP contribution in [-0.4, -0.2) is 17.6 Å². The summed E-state index contributed by atoms with van der Waals surface area (Å²) in [5, 5.41) is 10.7. The van der Waals surface area contributed by atoms with Gasteiger partial charge in [0.1, 0.15) is 17.3 Å². The van der Waals surface area contributed by atoms with E-state index in [1.807, 2.05) is 0 Å². The first-order valence-corrected chi connectivity index (χ1v) is 4.90. The number of carboxylic acids is 1. The van der Waals surface area contributed by atoms with Crippen LogP contribution < -0.4 is 5.32 Å². The lowest BCUT2D eigenvalue weighted by atomic mass is 10.3. The Hall–Kier alpha value is -1.17. The summed E-state index contributed by atoms with van der Waals surface area (Å²) < 4.78 is 26.6. The second-order valence-corrected chi connectivity index (χ2v) is 3.73. The number of hydrogen-bond donors (Lipinski definition) is 2. The van der Waals surface area contributed by atoms with Crippen molar-refractivity contribution in [2.75, 3.05) is 11.9 Å². The first-order valence-electron chi connectivity index (χ1n) is 4.11. The van der Waals surface area contributed by atoms with Crippen LogP contribution in [0.25, 0.3) is 0 Å². The molecule has 1 rings (SSSR count). The maximum atomic E-state index is 13.2. The molecule has 0 bridgehead atoms. The van der Waals surface area contributed by atoms with E-state index in [-0.39, 0.29) is 18.7 Å². The van der Waals surface area contributed by atoms with Crippen LogP contribution >= 0.6 is 15.9 Å². The summed E-state index contributed by atoms with van der Waals surface area (Å²) in [5.41, 5.74) is -0.306. The van der Waals surface area contributed by atoms with Gasteiger partial charge in [0.15, 0.2) is 0 Å². The predicted octanol–water partition coefficient (Wildman–Crippen LogP) is 2.61. The van der Waals surface area contributed by atoms with Gasteiger partial charge in [-0.2, -0.15) is 0 Å². The van der Waals surface area contributed by atoms with E-state index in [4.69, 9.17) is 5.11 Å². The molecule has 0 spiro atoms. The van der Waals surface area contributed by atoms with E-state index >= 15 is 0 Å². The van der Waals surface area contributed by atoms with Crippen LogP contribution in [0.4, 0.5) is 14.5 Å². The Morgan fingerprint density at radius 3 is 2.40 bits per heavy atom. The van der Waals surface area contributed by atoms with Crippen LogP contribution in [0.1, 0.15) is 6.42 Å². The SMILES string of the molecule is O=C(O)CCNc1c(F)cc(Br)cc1F. The van der Waals surface area contributed by atoms with Gasteiger partial charge in [-0.05, 0) is 12.1 Å². The molecule has 0 heterocycles. The molecule has 0 aromatic heterocycles. The number of benzene rings is 1. The number of aliphatic carboxylic acids is 1. The molecular formula is C9H8BrF2NO2. The summed E-state index contributed by atoms with van der Waals surface area (Å²) in [5.74, 6) is -2.54. The van der Waals surface area contributed by atoms with Gasteiger partial charge >= 0.3 is 5.97 Å². The van der Waals surface area contributed by atoms with Crippen LogP contribution in [0.5, 0.6) is 0 Å². The smallest absolute Gasteiger partial charge is 0.305 e. The van der Waals surface area contributed by atoms with Crippen molar-refractivity contribution in [2.45, 2.75) is 6.42 Å². The summed E-state index contributed by atoms with van der Waals surface area (Å²) in [7, 11) is 0. The number of rotatable bonds is 4. The molecule has 0 radical (unpaired) electrons. The lowest BCUT2D eigenvalue weighted by Crippen LogP contribution is -2.10. The molecule has 1 aromatic carbocycles. The fourth-order valence-electron chi connectivity index (χ4n) is 1.01. The van der Waals surface area contributed by atoms with Crippen molar-refractivity contribution in [3.63, 3.8) is 0 Å². The molecule has 0 aliphatic heterocycles. The van der Waals surface area contributed by atoms with Gasteiger partial charge in [-0.15, -0.1) is 0 Å². The molecule has 0 unspecified atom stereocenters. The molecule has 0 amide bonds. The lowest BCUT2D eigenvalue weighted by Gasteiger charge is -2.07. The number of halogens is 3. The summed E-state index contributed by atoms with van der Waals surface area (Å²) in [4.78, 5) is 10.2. The average Bonchev–Trinajstić information content (AvgIpc) is 2.08. The average molecular weight is 280 g/mol. The second-order valence-electron chi connectivity index (χ2n) is 2.81. The topological polar surface area (TPSA) is 49.3 Å². The van der Waals surface area contributed by atoms with Gasteiger partial charge in [-0.25, -0.2) is 8.78 Å². The molecule has 82 valence electrons. The number of carbonyl (C=O) groups is 1. The van der Waals surface area contributed by atoms with E-state index in [1.165, 1.54) is 0 Å². The Kier molecular flexibility index (Phi) is 4.02. The molecular weight excluding hydrogens is 272 g/mol. The Morgan fingerprint density at radius 1 is 1.40 bits per heavy atom. The zero-order valence-electron chi connectivity index (χ0n) is 7.56. The fraction of sp³-hybridized carbons (Fsp3) is 0.222. The van der Waals surface area contributed by atoms with Gasteiger partial charge < -0.3 is 10.4 Å². The van der Waals surface area contributed by atoms with E-state index in [0.29, 0.717) is 4.47 Å². The summed E-state index contributed by atoms with van der Waals surface area (Å²) in [6.45, 7) is -0.0230. The van der Waals surface area contributed by atoms with Crippen LogP contribution in [0.15, 0.2) is 16.6 Å². The standard InChI is InChI=1S/C9H8BrF2NO2/c10-5-3-6(11)9(7(12)4-5)13-2-1-8(14)15/h3-4,13H,1-2H2,(H,14,15). The van der Waals surface area contributed by atoms with Crippen molar-refractivity contribution in [1.29, 1.82) is 0 Å². The predicted molar refractivity (Wildman–Crippen MR) is 54.8 cm³/mol. The number of nitrogens with one attached hydrogen (secondary N) is 1. The van der Waals surface area contributed by atoms with E-state index in [0.717, 1.165) is 12.1 Å². The van der Waals surface area contributed by atoms with Crippen molar-refractivity contribution in [3.8, 4) is 0 Å². The maximum Gasteiger partial charge on any atom is 0.305 e. The zero-order chi connectivity index (χ0) is 11.4. The molecule has 15 heavy (non-hydrogen) atoms. The number of anilines is 1. The first kappa shape index (κ1) is 11.9. The van der Waals surface area contributed by atoms with Gasteiger partial charge in [0.2, 0.25) is 0 Å². The monoisotopic (exact) mass is 279 g/mol. The molecule has 3 nitrogen and oxygen atoms in total. The Bertz CT molecular complexity index is 361. The van der Waals surface area contributed by atoms with Crippen LogP contribution in [-0.2, 0) is 4.79 Å². The highest BCUT2D eigenvalue weighted by Crippen LogP contribution is 2.23. The van der Waals surface area contributed by atoms with Crippen LogP contribution in [0, 0.1) is 11.6 Å². The van der Waals surface area contributed by atoms with E-state index in [2.05, 4.69) is 21.2 Å². The van der Waals surface area contributed by atoms with Gasteiger partial charge in [-0.3, -0.25) is 4.79 Å². The van der Waals surface area contributed by atoms with Crippen LogP contribution in [0.3, 0.4) is 0 Å². The third kappa shape index (κ3) is 3.47. The first-order chi connectivity index (χ1) is 7.00. The number of hydrogen-bond acceptors (Lipinski definition) is 2. The molecule has 2 N–H and O–H groups in total. The third-order valence-electron chi connectivity index (χ3n) is 1.65. The second kappa shape index (κ2) is 5.06.